The third-order valence-corrected chi connectivity index (χ3v) is 7.98. The number of ether oxygens (including phenoxy) is 2. The average Bonchev–Trinajstić information content (AvgIpc) is 3.68. The molecule has 2 bridgehead atoms. The largest absolute Gasteiger partial charge is 0.494 e. The number of hydrogen-bond acceptors (Lipinski definition) is 7. The van der Waals surface area contributed by atoms with E-state index in [4.69, 9.17) is 9.47 Å². The number of benzene rings is 1. The summed E-state index contributed by atoms with van der Waals surface area (Å²) in [5, 5.41) is 3.06. The zero-order chi connectivity index (χ0) is 29.5. The number of amides is 3. The zero-order valence-corrected chi connectivity index (χ0v) is 24.2. The number of likely N-dealkylation sites (tertiary alicyclic amines) is 1. The van der Waals surface area contributed by atoms with Gasteiger partial charge in [-0.2, -0.15) is 0 Å². The van der Waals surface area contributed by atoms with Gasteiger partial charge in [0, 0.05) is 88.2 Å². The number of carbonyl (C=O) groups is 3. The second-order valence-electron chi connectivity index (χ2n) is 10.6. The Morgan fingerprint density at radius 3 is 2.76 bits per heavy atom. The predicted molar refractivity (Wildman–Crippen MR) is 155 cm³/mol. The van der Waals surface area contributed by atoms with Crippen LogP contribution in [0.4, 0.5) is 0 Å². The third-order valence-electron chi connectivity index (χ3n) is 7.98. The van der Waals surface area contributed by atoms with E-state index in [0.717, 1.165) is 17.8 Å². The van der Waals surface area contributed by atoms with E-state index in [0.29, 0.717) is 69.4 Å². The maximum Gasteiger partial charge on any atom is 0.254 e. The van der Waals surface area contributed by atoms with Gasteiger partial charge in [-0.05, 0) is 30.2 Å². The van der Waals surface area contributed by atoms with Crippen molar-refractivity contribution in [3.05, 3.63) is 71.9 Å². The second kappa shape index (κ2) is 13.5. The van der Waals surface area contributed by atoms with Gasteiger partial charge in [-0.1, -0.05) is 19.1 Å². The van der Waals surface area contributed by atoms with Crippen LogP contribution < -0.4 is 14.8 Å². The summed E-state index contributed by atoms with van der Waals surface area (Å²) in [5.41, 5.74) is 1.41. The molecule has 2 aromatic heterocycles. The predicted octanol–water partition coefficient (Wildman–Crippen LogP) is 2.52. The molecule has 42 heavy (non-hydrogen) atoms. The van der Waals surface area contributed by atoms with Crippen LogP contribution in [-0.4, -0.2) is 88.5 Å². The minimum absolute atomic E-state index is 0.0254. The standard InChI is InChI=1S/C31H38N6O5/c1-3-27-32-11-15-35(27)14-9-29(38)36-13-5-17-42-24-7-4-6-22(18-24)25-20-37(21-26(25)30(39)34-12-16-36)31(40)23-8-10-33-28(19-23)41-2/h4,6-8,10-11,15,18-19,25-26H,3,5,9,12-14,16-17,20-21H2,1-2H3,(H,34,39)/t25-,26+/m1/s1. The van der Waals surface area contributed by atoms with Crippen LogP contribution >= 0.6 is 0 Å². The Hall–Kier alpha value is -4.41. The number of rotatable bonds is 6. The minimum Gasteiger partial charge on any atom is -0.494 e. The Kier molecular flexibility index (Phi) is 9.35. The highest BCUT2D eigenvalue weighted by molar-refractivity contribution is 5.95. The van der Waals surface area contributed by atoms with E-state index in [1.54, 1.807) is 28.1 Å². The molecule has 2 aliphatic heterocycles. The highest BCUT2D eigenvalue weighted by Gasteiger charge is 2.41. The van der Waals surface area contributed by atoms with Crippen LogP contribution in [0.1, 0.15) is 47.4 Å². The Balaban J connectivity index is 1.31. The van der Waals surface area contributed by atoms with Crippen molar-refractivity contribution in [1.82, 2.24) is 29.7 Å². The van der Waals surface area contributed by atoms with Gasteiger partial charge < -0.3 is 29.2 Å². The molecule has 1 fully saturated rings. The summed E-state index contributed by atoms with van der Waals surface area (Å²) in [7, 11) is 1.51. The van der Waals surface area contributed by atoms with Crippen molar-refractivity contribution in [2.75, 3.05) is 46.4 Å². The lowest BCUT2D eigenvalue weighted by molar-refractivity contribution is -0.132. The molecule has 4 heterocycles. The van der Waals surface area contributed by atoms with E-state index in [-0.39, 0.29) is 30.2 Å². The number of pyridine rings is 1. The van der Waals surface area contributed by atoms with Crippen LogP contribution in [0.2, 0.25) is 0 Å². The van der Waals surface area contributed by atoms with Crippen LogP contribution in [0.15, 0.2) is 55.0 Å². The number of imidazole rings is 1. The third kappa shape index (κ3) is 6.72. The van der Waals surface area contributed by atoms with Crippen LogP contribution in [0.25, 0.3) is 0 Å². The molecular weight excluding hydrogens is 536 g/mol. The number of fused-ring (bicyclic) bond motifs is 4. The summed E-state index contributed by atoms with van der Waals surface area (Å²) in [6.45, 7) is 4.99. The normalized spacial score (nSPS) is 19.3. The molecule has 3 amide bonds. The Bertz CT molecular complexity index is 1410. The number of aromatic nitrogens is 3. The summed E-state index contributed by atoms with van der Waals surface area (Å²) in [4.78, 5) is 52.2. The Labute approximate surface area is 245 Å². The fraction of sp³-hybridized carbons (Fsp3) is 0.452. The van der Waals surface area contributed by atoms with E-state index < -0.39 is 5.92 Å². The SMILES string of the molecule is CCc1nccn1CCC(=O)N1CCCOc2cccc(c2)[C@H]2CN(C(=O)c3ccnc(OC)c3)C[C@@H]2C(=O)NCC1. The summed E-state index contributed by atoms with van der Waals surface area (Å²) in [6.07, 6.45) is 7.01. The molecule has 5 rings (SSSR count). The number of nitrogens with one attached hydrogen (secondary N) is 1. The molecule has 3 aromatic rings. The maximum absolute atomic E-state index is 13.6. The van der Waals surface area contributed by atoms with E-state index in [1.165, 1.54) is 13.3 Å². The van der Waals surface area contributed by atoms with Crippen molar-refractivity contribution in [3.8, 4) is 11.6 Å². The van der Waals surface area contributed by atoms with Crippen LogP contribution in [0.3, 0.4) is 0 Å². The van der Waals surface area contributed by atoms with Gasteiger partial charge in [-0.3, -0.25) is 14.4 Å². The molecule has 2 atom stereocenters. The highest BCUT2D eigenvalue weighted by atomic mass is 16.5. The number of aryl methyl sites for hydroxylation is 2. The molecule has 1 aromatic carbocycles. The first-order valence-corrected chi connectivity index (χ1v) is 14.5. The number of nitrogens with zero attached hydrogens (tertiary/aromatic N) is 5. The lowest BCUT2D eigenvalue weighted by Crippen LogP contribution is -2.42. The van der Waals surface area contributed by atoms with Crippen molar-refractivity contribution in [2.24, 2.45) is 5.92 Å². The smallest absolute Gasteiger partial charge is 0.254 e. The van der Waals surface area contributed by atoms with Gasteiger partial charge in [-0.25, -0.2) is 9.97 Å². The number of hydrogen-bond donors (Lipinski definition) is 1. The summed E-state index contributed by atoms with van der Waals surface area (Å²) < 4.78 is 13.3. The highest BCUT2D eigenvalue weighted by Crippen LogP contribution is 2.35. The van der Waals surface area contributed by atoms with Crippen molar-refractivity contribution in [1.29, 1.82) is 0 Å². The molecule has 1 N–H and O–H groups in total. The zero-order valence-electron chi connectivity index (χ0n) is 24.2. The lowest BCUT2D eigenvalue weighted by atomic mass is 9.88. The monoisotopic (exact) mass is 574 g/mol. The van der Waals surface area contributed by atoms with Gasteiger partial charge >= 0.3 is 0 Å². The quantitative estimate of drug-likeness (QED) is 0.481. The first kappa shape index (κ1) is 29.1. The van der Waals surface area contributed by atoms with Gasteiger partial charge in [0.15, 0.2) is 0 Å². The molecule has 2 aliphatic rings. The molecule has 0 radical (unpaired) electrons. The van der Waals surface area contributed by atoms with Gasteiger partial charge in [0.1, 0.15) is 11.6 Å². The molecule has 0 saturated carbocycles. The van der Waals surface area contributed by atoms with E-state index in [1.807, 2.05) is 42.0 Å². The average molecular weight is 575 g/mol. The molecular formula is C31H38N6O5. The van der Waals surface area contributed by atoms with E-state index >= 15 is 0 Å². The van der Waals surface area contributed by atoms with Crippen molar-refractivity contribution >= 4 is 17.7 Å². The molecule has 11 nitrogen and oxygen atoms in total. The maximum atomic E-state index is 13.6. The fourth-order valence-electron chi connectivity index (χ4n) is 5.73. The van der Waals surface area contributed by atoms with Gasteiger partial charge in [0.2, 0.25) is 17.7 Å². The van der Waals surface area contributed by atoms with Crippen LogP contribution in [0.5, 0.6) is 11.6 Å². The minimum atomic E-state index is -0.450. The van der Waals surface area contributed by atoms with E-state index in [2.05, 4.69) is 15.3 Å². The van der Waals surface area contributed by atoms with Gasteiger partial charge in [0.25, 0.3) is 5.91 Å². The topological polar surface area (TPSA) is 119 Å². The first-order chi connectivity index (χ1) is 20.5. The molecule has 0 spiro atoms. The Morgan fingerprint density at radius 2 is 1.93 bits per heavy atom. The van der Waals surface area contributed by atoms with Crippen molar-refractivity contribution < 1.29 is 23.9 Å². The number of methoxy groups -OCH3 is 1. The Morgan fingerprint density at radius 1 is 1.07 bits per heavy atom. The molecule has 222 valence electrons. The van der Waals surface area contributed by atoms with Gasteiger partial charge in [0.05, 0.1) is 19.6 Å². The molecule has 0 unspecified atom stereocenters. The summed E-state index contributed by atoms with van der Waals surface area (Å²) >= 11 is 0. The van der Waals surface area contributed by atoms with Crippen LogP contribution in [0, 0.1) is 5.92 Å². The summed E-state index contributed by atoms with van der Waals surface area (Å²) in [5.74, 6) is 1.07. The van der Waals surface area contributed by atoms with Crippen LogP contribution in [-0.2, 0) is 22.6 Å². The van der Waals surface area contributed by atoms with E-state index in [9.17, 15) is 14.4 Å². The van der Waals surface area contributed by atoms with Gasteiger partial charge in [-0.15, -0.1) is 0 Å². The summed E-state index contributed by atoms with van der Waals surface area (Å²) in [6, 6.07) is 11.0. The van der Waals surface area contributed by atoms with Crippen molar-refractivity contribution in [2.45, 2.75) is 38.6 Å². The van der Waals surface area contributed by atoms with Crippen molar-refractivity contribution in [3.63, 3.8) is 0 Å². The second-order valence-corrected chi connectivity index (χ2v) is 10.6. The lowest BCUT2D eigenvalue weighted by Gasteiger charge is -2.25. The number of carbonyl (C=O) groups excluding carboxylic acids is 3. The fourth-order valence-corrected chi connectivity index (χ4v) is 5.73. The first-order valence-electron chi connectivity index (χ1n) is 14.5. The molecule has 1 saturated heterocycles. The molecule has 0 aliphatic carbocycles. The molecule has 11 heteroatoms.